The van der Waals surface area contributed by atoms with Gasteiger partial charge in [-0.25, -0.2) is 4.98 Å². The molecular formula is C19H19N3O3S. The van der Waals surface area contributed by atoms with Gasteiger partial charge in [0.25, 0.3) is 0 Å². The number of ether oxygens (including phenoxy) is 1. The van der Waals surface area contributed by atoms with E-state index in [9.17, 15) is 9.59 Å². The molecule has 134 valence electrons. The summed E-state index contributed by atoms with van der Waals surface area (Å²) < 4.78 is 6.39. The molecule has 0 bridgehead atoms. The van der Waals surface area contributed by atoms with Crippen molar-refractivity contribution in [2.75, 3.05) is 17.7 Å². The number of thiazole rings is 1. The molecule has 1 aromatic heterocycles. The zero-order valence-electron chi connectivity index (χ0n) is 14.5. The Morgan fingerprint density at radius 1 is 1.15 bits per heavy atom. The van der Waals surface area contributed by atoms with Gasteiger partial charge in [-0.05, 0) is 30.3 Å². The summed E-state index contributed by atoms with van der Waals surface area (Å²) >= 11 is 1.60. The summed E-state index contributed by atoms with van der Waals surface area (Å²) in [6.45, 7) is 1.43. The number of aryl methyl sites for hydroxylation is 1. The highest BCUT2D eigenvalue weighted by atomic mass is 32.1. The minimum Gasteiger partial charge on any atom is -0.495 e. The number of hydrogen-bond donors (Lipinski definition) is 2. The van der Waals surface area contributed by atoms with Crippen molar-refractivity contribution in [3.05, 3.63) is 47.5 Å². The maximum absolute atomic E-state index is 12.3. The largest absolute Gasteiger partial charge is 0.495 e. The van der Waals surface area contributed by atoms with Crippen LogP contribution in [-0.2, 0) is 16.0 Å². The Hall–Kier alpha value is -2.93. The number of amides is 2. The maximum atomic E-state index is 12.3. The van der Waals surface area contributed by atoms with E-state index in [1.54, 1.807) is 29.5 Å². The molecule has 3 aromatic rings. The number of para-hydroxylation sites is 1. The minimum atomic E-state index is -0.178. The van der Waals surface area contributed by atoms with Gasteiger partial charge in [0.15, 0.2) is 0 Å². The molecule has 2 amide bonds. The van der Waals surface area contributed by atoms with Crippen LogP contribution in [0.15, 0.2) is 42.5 Å². The molecule has 0 fully saturated rings. The average Bonchev–Trinajstić information content (AvgIpc) is 3.03. The van der Waals surface area contributed by atoms with E-state index in [0.29, 0.717) is 30.0 Å². The maximum Gasteiger partial charge on any atom is 0.224 e. The predicted molar refractivity (Wildman–Crippen MR) is 104 cm³/mol. The van der Waals surface area contributed by atoms with Crippen molar-refractivity contribution in [3.63, 3.8) is 0 Å². The summed E-state index contributed by atoms with van der Waals surface area (Å²) in [6, 6.07) is 13.0. The lowest BCUT2D eigenvalue weighted by atomic mass is 10.2. The van der Waals surface area contributed by atoms with Crippen molar-refractivity contribution in [1.82, 2.24) is 4.98 Å². The lowest BCUT2D eigenvalue weighted by Gasteiger charge is -2.12. The standard InChI is InChI=1S/C19H19N3O3S/c1-12(23)20-13-7-8-16(25-2)15(11-13)21-18(24)9-10-19-22-14-5-3-4-6-17(14)26-19/h3-8,11H,9-10H2,1-2H3,(H,20,23)(H,21,24). The van der Waals surface area contributed by atoms with Crippen molar-refractivity contribution >= 4 is 44.7 Å². The summed E-state index contributed by atoms with van der Waals surface area (Å²) in [6.07, 6.45) is 0.881. The fraction of sp³-hybridized carbons (Fsp3) is 0.211. The van der Waals surface area contributed by atoms with Crippen molar-refractivity contribution in [2.45, 2.75) is 19.8 Å². The number of nitrogens with zero attached hydrogens (tertiary/aromatic N) is 1. The van der Waals surface area contributed by atoms with Crippen LogP contribution < -0.4 is 15.4 Å². The van der Waals surface area contributed by atoms with Gasteiger partial charge in [0, 0.05) is 25.5 Å². The highest BCUT2D eigenvalue weighted by Crippen LogP contribution is 2.28. The van der Waals surface area contributed by atoms with E-state index < -0.39 is 0 Å². The van der Waals surface area contributed by atoms with Crippen LogP contribution in [0.2, 0.25) is 0 Å². The Morgan fingerprint density at radius 2 is 1.96 bits per heavy atom. The van der Waals surface area contributed by atoms with Gasteiger partial charge >= 0.3 is 0 Å². The summed E-state index contributed by atoms with van der Waals surface area (Å²) in [4.78, 5) is 28.1. The number of nitrogens with one attached hydrogen (secondary N) is 2. The van der Waals surface area contributed by atoms with Crippen molar-refractivity contribution in [2.24, 2.45) is 0 Å². The van der Waals surface area contributed by atoms with E-state index in [1.807, 2.05) is 24.3 Å². The van der Waals surface area contributed by atoms with E-state index >= 15 is 0 Å². The van der Waals surface area contributed by atoms with Gasteiger partial charge in [-0.15, -0.1) is 11.3 Å². The third-order valence-electron chi connectivity index (χ3n) is 3.70. The van der Waals surface area contributed by atoms with Gasteiger partial charge in [0.05, 0.1) is 28.0 Å². The number of carbonyl (C=O) groups is 2. The quantitative estimate of drug-likeness (QED) is 0.692. The lowest BCUT2D eigenvalue weighted by molar-refractivity contribution is -0.116. The molecule has 0 saturated heterocycles. The fourth-order valence-electron chi connectivity index (χ4n) is 2.55. The molecular weight excluding hydrogens is 350 g/mol. The molecule has 0 radical (unpaired) electrons. The smallest absolute Gasteiger partial charge is 0.224 e. The van der Waals surface area contributed by atoms with Gasteiger partial charge in [-0.1, -0.05) is 12.1 Å². The molecule has 0 saturated carbocycles. The van der Waals surface area contributed by atoms with Crippen LogP contribution in [0.25, 0.3) is 10.2 Å². The van der Waals surface area contributed by atoms with Crippen molar-refractivity contribution < 1.29 is 14.3 Å². The first-order valence-electron chi connectivity index (χ1n) is 8.15. The molecule has 0 aliphatic rings. The topological polar surface area (TPSA) is 80.3 Å². The Balaban J connectivity index is 1.66. The number of anilines is 2. The second kappa shape index (κ2) is 7.97. The molecule has 3 rings (SSSR count). The van der Waals surface area contributed by atoms with Crippen LogP contribution in [0.3, 0.4) is 0 Å². The highest BCUT2D eigenvalue weighted by Gasteiger charge is 2.11. The minimum absolute atomic E-state index is 0.137. The predicted octanol–water partition coefficient (Wildman–Crippen LogP) is 3.83. The van der Waals surface area contributed by atoms with Gasteiger partial charge in [-0.3, -0.25) is 9.59 Å². The van der Waals surface area contributed by atoms with Gasteiger partial charge < -0.3 is 15.4 Å². The normalized spacial score (nSPS) is 10.5. The van der Waals surface area contributed by atoms with Gasteiger partial charge in [0.1, 0.15) is 5.75 Å². The Morgan fingerprint density at radius 3 is 2.69 bits per heavy atom. The number of rotatable bonds is 6. The summed E-state index contributed by atoms with van der Waals surface area (Å²) in [7, 11) is 1.53. The molecule has 2 aromatic carbocycles. The Bertz CT molecular complexity index is 919. The van der Waals surface area contributed by atoms with E-state index in [1.165, 1.54) is 14.0 Å². The van der Waals surface area contributed by atoms with Crippen LogP contribution in [-0.4, -0.2) is 23.9 Å². The van der Waals surface area contributed by atoms with Gasteiger partial charge in [-0.2, -0.15) is 0 Å². The van der Waals surface area contributed by atoms with E-state index in [0.717, 1.165) is 15.2 Å². The molecule has 7 heteroatoms. The summed E-state index contributed by atoms with van der Waals surface area (Å²) in [5.41, 5.74) is 2.07. The third-order valence-corrected chi connectivity index (χ3v) is 4.79. The second-order valence-electron chi connectivity index (χ2n) is 5.72. The molecule has 0 aliphatic carbocycles. The molecule has 0 aliphatic heterocycles. The lowest BCUT2D eigenvalue weighted by Crippen LogP contribution is -2.14. The molecule has 6 nitrogen and oxygen atoms in total. The second-order valence-corrected chi connectivity index (χ2v) is 6.83. The zero-order valence-corrected chi connectivity index (χ0v) is 15.4. The molecule has 0 atom stereocenters. The number of methoxy groups -OCH3 is 1. The molecule has 1 heterocycles. The Kier molecular flexibility index (Phi) is 5.48. The summed E-state index contributed by atoms with van der Waals surface area (Å²) in [5, 5.41) is 6.46. The first-order chi connectivity index (χ1) is 12.5. The first-order valence-corrected chi connectivity index (χ1v) is 8.97. The number of hydrogen-bond acceptors (Lipinski definition) is 5. The van der Waals surface area contributed by atoms with Crippen LogP contribution >= 0.6 is 11.3 Å². The molecule has 0 unspecified atom stereocenters. The number of benzene rings is 2. The van der Waals surface area contributed by atoms with Crippen molar-refractivity contribution in [3.8, 4) is 5.75 Å². The SMILES string of the molecule is COc1ccc(NC(C)=O)cc1NC(=O)CCc1nc2ccccc2s1. The number of carbonyl (C=O) groups excluding carboxylic acids is 2. The zero-order chi connectivity index (χ0) is 18.5. The van der Waals surface area contributed by atoms with Crippen LogP contribution in [0.5, 0.6) is 5.75 Å². The monoisotopic (exact) mass is 369 g/mol. The van der Waals surface area contributed by atoms with Crippen LogP contribution in [0, 0.1) is 0 Å². The van der Waals surface area contributed by atoms with E-state index in [2.05, 4.69) is 15.6 Å². The van der Waals surface area contributed by atoms with Crippen LogP contribution in [0.1, 0.15) is 18.4 Å². The molecule has 0 spiro atoms. The fourth-order valence-corrected chi connectivity index (χ4v) is 3.51. The molecule has 26 heavy (non-hydrogen) atoms. The number of aromatic nitrogens is 1. The highest BCUT2D eigenvalue weighted by molar-refractivity contribution is 7.18. The molecule has 2 N–H and O–H groups in total. The average molecular weight is 369 g/mol. The van der Waals surface area contributed by atoms with E-state index in [4.69, 9.17) is 4.74 Å². The third kappa shape index (κ3) is 4.37. The van der Waals surface area contributed by atoms with Gasteiger partial charge in [0.2, 0.25) is 11.8 Å². The van der Waals surface area contributed by atoms with E-state index in [-0.39, 0.29) is 11.8 Å². The summed E-state index contributed by atoms with van der Waals surface area (Å²) in [5.74, 6) is 0.221. The first kappa shape index (κ1) is 17.9. The van der Waals surface area contributed by atoms with Crippen molar-refractivity contribution in [1.29, 1.82) is 0 Å². The Labute approximate surface area is 155 Å². The van der Waals surface area contributed by atoms with Crippen LogP contribution in [0.4, 0.5) is 11.4 Å². The number of fused-ring (bicyclic) bond motifs is 1.